The van der Waals surface area contributed by atoms with Crippen LogP contribution in [0.2, 0.25) is 0 Å². The van der Waals surface area contributed by atoms with E-state index in [1.165, 1.54) is 18.2 Å². The molecule has 84 valence electrons. The molecule has 0 aliphatic rings. The second-order valence-corrected chi connectivity index (χ2v) is 2.88. The van der Waals surface area contributed by atoms with Gasteiger partial charge in [-0.2, -0.15) is 0 Å². The number of benzene rings is 1. The molecule has 4 heteroatoms. The summed E-state index contributed by atoms with van der Waals surface area (Å²) in [5, 5.41) is 0. The van der Waals surface area contributed by atoms with Gasteiger partial charge in [0.2, 0.25) is 0 Å². The average Bonchev–Trinajstić information content (AvgIpc) is 2.18. The van der Waals surface area contributed by atoms with E-state index in [9.17, 15) is 8.78 Å². The van der Waals surface area contributed by atoms with Gasteiger partial charge in [-0.15, -0.1) is 0 Å². The van der Waals surface area contributed by atoms with Crippen LogP contribution >= 0.6 is 0 Å². The molecule has 1 rings (SSSR count). The van der Waals surface area contributed by atoms with E-state index in [4.69, 9.17) is 9.47 Å². The van der Waals surface area contributed by atoms with Gasteiger partial charge in [0.1, 0.15) is 11.6 Å². The molecular formula is C11H14F2O2. The van der Waals surface area contributed by atoms with E-state index < -0.39 is 17.9 Å². The molecule has 2 nitrogen and oxygen atoms in total. The van der Waals surface area contributed by atoms with Crippen molar-refractivity contribution in [1.29, 1.82) is 0 Å². The van der Waals surface area contributed by atoms with E-state index in [-0.39, 0.29) is 5.56 Å². The van der Waals surface area contributed by atoms with Gasteiger partial charge in [-0.25, -0.2) is 8.78 Å². The lowest BCUT2D eigenvalue weighted by Gasteiger charge is -2.18. The van der Waals surface area contributed by atoms with Gasteiger partial charge >= 0.3 is 0 Å². The SMILES string of the molecule is CCOC(OCC)c1c(F)cccc1F. The topological polar surface area (TPSA) is 18.5 Å². The van der Waals surface area contributed by atoms with E-state index in [1.54, 1.807) is 13.8 Å². The highest BCUT2D eigenvalue weighted by atomic mass is 19.1. The summed E-state index contributed by atoms with van der Waals surface area (Å²) in [5.41, 5.74) is -0.166. The van der Waals surface area contributed by atoms with Gasteiger partial charge in [0.15, 0.2) is 6.29 Å². The van der Waals surface area contributed by atoms with E-state index in [0.717, 1.165) is 0 Å². The molecule has 0 bridgehead atoms. The van der Waals surface area contributed by atoms with Gasteiger partial charge in [-0.1, -0.05) is 6.07 Å². The maximum absolute atomic E-state index is 13.3. The Hall–Kier alpha value is -1.00. The summed E-state index contributed by atoms with van der Waals surface area (Å²) in [7, 11) is 0. The van der Waals surface area contributed by atoms with Gasteiger partial charge < -0.3 is 9.47 Å². The standard InChI is InChI=1S/C11H14F2O2/c1-3-14-11(15-4-2)10-8(12)6-5-7-9(10)13/h5-7,11H,3-4H2,1-2H3. The molecule has 0 spiro atoms. The minimum absolute atomic E-state index is 0.166. The molecular weight excluding hydrogens is 202 g/mol. The number of ether oxygens (including phenoxy) is 2. The largest absolute Gasteiger partial charge is 0.348 e. The first-order valence-electron chi connectivity index (χ1n) is 4.87. The van der Waals surface area contributed by atoms with Gasteiger partial charge in [0, 0.05) is 13.2 Å². The average molecular weight is 216 g/mol. The lowest BCUT2D eigenvalue weighted by molar-refractivity contribution is -0.143. The maximum atomic E-state index is 13.3. The van der Waals surface area contributed by atoms with Crippen LogP contribution in [0.15, 0.2) is 18.2 Å². The summed E-state index contributed by atoms with van der Waals surface area (Å²) in [6, 6.07) is 3.68. The Morgan fingerprint density at radius 3 is 1.93 bits per heavy atom. The van der Waals surface area contributed by atoms with Crippen molar-refractivity contribution in [2.45, 2.75) is 20.1 Å². The van der Waals surface area contributed by atoms with Crippen LogP contribution in [0.3, 0.4) is 0 Å². The quantitative estimate of drug-likeness (QED) is 0.704. The zero-order chi connectivity index (χ0) is 11.3. The van der Waals surface area contributed by atoms with Crippen LogP contribution in [0.4, 0.5) is 8.78 Å². The smallest absolute Gasteiger partial charge is 0.189 e. The molecule has 0 saturated heterocycles. The third-order valence-electron chi connectivity index (χ3n) is 1.87. The van der Waals surface area contributed by atoms with E-state index in [0.29, 0.717) is 13.2 Å². The van der Waals surface area contributed by atoms with Crippen molar-refractivity contribution in [3.8, 4) is 0 Å². The summed E-state index contributed by atoms with van der Waals surface area (Å²) in [5.74, 6) is -1.30. The maximum Gasteiger partial charge on any atom is 0.189 e. The second kappa shape index (κ2) is 5.78. The zero-order valence-corrected chi connectivity index (χ0v) is 8.80. The van der Waals surface area contributed by atoms with Gasteiger partial charge in [-0.05, 0) is 26.0 Å². The summed E-state index contributed by atoms with van der Waals surface area (Å²) in [6.07, 6.45) is -0.971. The van der Waals surface area contributed by atoms with Gasteiger partial charge in [0.05, 0.1) is 5.56 Å². The Labute approximate surface area is 87.8 Å². The third-order valence-corrected chi connectivity index (χ3v) is 1.87. The van der Waals surface area contributed by atoms with Crippen LogP contribution in [-0.4, -0.2) is 13.2 Å². The van der Waals surface area contributed by atoms with E-state index in [2.05, 4.69) is 0 Å². The van der Waals surface area contributed by atoms with Crippen LogP contribution in [-0.2, 0) is 9.47 Å². The van der Waals surface area contributed by atoms with Crippen molar-refractivity contribution >= 4 is 0 Å². The predicted molar refractivity (Wildman–Crippen MR) is 52.4 cm³/mol. The minimum atomic E-state index is -0.971. The first-order chi connectivity index (χ1) is 7.20. The van der Waals surface area contributed by atoms with Gasteiger partial charge in [0.25, 0.3) is 0 Å². The Morgan fingerprint density at radius 1 is 1.07 bits per heavy atom. The third kappa shape index (κ3) is 2.97. The number of rotatable bonds is 5. The molecule has 0 N–H and O–H groups in total. The predicted octanol–water partition coefficient (Wildman–Crippen LogP) is 3.04. The fraction of sp³-hybridized carbons (Fsp3) is 0.455. The van der Waals surface area contributed by atoms with Crippen molar-refractivity contribution in [1.82, 2.24) is 0 Å². The Bertz CT molecular complexity index is 289. The molecule has 0 aromatic heterocycles. The highest BCUT2D eigenvalue weighted by Crippen LogP contribution is 2.24. The lowest BCUT2D eigenvalue weighted by Crippen LogP contribution is -2.12. The highest BCUT2D eigenvalue weighted by Gasteiger charge is 2.20. The molecule has 1 aromatic rings. The van der Waals surface area contributed by atoms with Crippen molar-refractivity contribution in [2.24, 2.45) is 0 Å². The zero-order valence-electron chi connectivity index (χ0n) is 8.80. The fourth-order valence-electron chi connectivity index (χ4n) is 1.25. The van der Waals surface area contributed by atoms with Crippen LogP contribution in [0.1, 0.15) is 25.7 Å². The van der Waals surface area contributed by atoms with E-state index in [1.807, 2.05) is 0 Å². The second-order valence-electron chi connectivity index (χ2n) is 2.88. The number of hydrogen-bond acceptors (Lipinski definition) is 2. The molecule has 0 radical (unpaired) electrons. The first-order valence-corrected chi connectivity index (χ1v) is 4.87. The lowest BCUT2D eigenvalue weighted by atomic mass is 10.2. The Balaban J connectivity index is 2.98. The normalized spacial score (nSPS) is 11.0. The fourth-order valence-corrected chi connectivity index (χ4v) is 1.25. The molecule has 0 amide bonds. The molecule has 1 aromatic carbocycles. The molecule has 0 aliphatic carbocycles. The molecule has 0 atom stereocenters. The molecule has 0 fully saturated rings. The molecule has 0 heterocycles. The summed E-state index contributed by atoms with van der Waals surface area (Å²) in [4.78, 5) is 0. The van der Waals surface area contributed by atoms with Crippen LogP contribution in [0.25, 0.3) is 0 Å². The van der Waals surface area contributed by atoms with Crippen molar-refractivity contribution in [3.05, 3.63) is 35.4 Å². The summed E-state index contributed by atoms with van der Waals surface area (Å²) < 4.78 is 37.0. The number of hydrogen-bond donors (Lipinski definition) is 0. The molecule has 15 heavy (non-hydrogen) atoms. The van der Waals surface area contributed by atoms with Gasteiger partial charge in [-0.3, -0.25) is 0 Å². The summed E-state index contributed by atoms with van der Waals surface area (Å²) in [6.45, 7) is 4.15. The summed E-state index contributed by atoms with van der Waals surface area (Å²) >= 11 is 0. The molecule has 0 saturated carbocycles. The minimum Gasteiger partial charge on any atom is -0.348 e. The van der Waals surface area contributed by atoms with Crippen LogP contribution < -0.4 is 0 Å². The van der Waals surface area contributed by atoms with Crippen molar-refractivity contribution in [3.63, 3.8) is 0 Å². The van der Waals surface area contributed by atoms with Crippen LogP contribution in [0, 0.1) is 11.6 Å². The van der Waals surface area contributed by atoms with Crippen molar-refractivity contribution in [2.75, 3.05) is 13.2 Å². The highest BCUT2D eigenvalue weighted by molar-refractivity contribution is 5.20. The Morgan fingerprint density at radius 2 is 1.53 bits per heavy atom. The first kappa shape index (κ1) is 12.1. The molecule has 0 aliphatic heterocycles. The van der Waals surface area contributed by atoms with Crippen molar-refractivity contribution < 1.29 is 18.3 Å². The number of halogens is 2. The Kier molecular flexibility index (Phi) is 4.65. The van der Waals surface area contributed by atoms with Crippen LogP contribution in [0.5, 0.6) is 0 Å². The molecule has 0 unspecified atom stereocenters. The van der Waals surface area contributed by atoms with E-state index >= 15 is 0 Å². The monoisotopic (exact) mass is 216 g/mol.